The Kier molecular flexibility index (Phi) is 2.34. The topological polar surface area (TPSA) is 72.4 Å². The molecular weight excluding hydrogens is 152 g/mol. The van der Waals surface area contributed by atoms with E-state index in [1.165, 1.54) is 6.21 Å². The summed E-state index contributed by atoms with van der Waals surface area (Å²) in [4.78, 5) is 8.22. The van der Waals surface area contributed by atoms with Crippen molar-refractivity contribution in [1.82, 2.24) is 0 Å². The molecule has 1 atom stereocenters. The SMILES string of the molecule is CC1(C=N)N=CC(CCC#N)=N1. The first-order valence-electron chi connectivity index (χ1n) is 3.73. The van der Waals surface area contributed by atoms with Gasteiger partial charge in [0.15, 0.2) is 5.66 Å². The van der Waals surface area contributed by atoms with Crippen LogP contribution in [0, 0.1) is 16.7 Å². The molecule has 1 N–H and O–H groups in total. The zero-order valence-electron chi connectivity index (χ0n) is 6.91. The number of nitriles is 1. The average Bonchev–Trinajstić information content (AvgIpc) is 2.45. The van der Waals surface area contributed by atoms with Gasteiger partial charge in [0.1, 0.15) is 0 Å². The lowest BCUT2D eigenvalue weighted by Gasteiger charge is -2.07. The van der Waals surface area contributed by atoms with Crippen LogP contribution >= 0.6 is 0 Å². The summed E-state index contributed by atoms with van der Waals surface area (Å²) in [6.45, 7) is 1.76. The van der Waals surface area contributed by atoms with Crippen molar-refractivity contribution in [2.45, 2.75) is 25.4 Å². The second-order valence-electron chi connectivity index (χ2n) is 2.76. The van der Waals surface area contributed by atoms with Crippen molar-refractivity contribution in [3.05, 3.63) is 0 Å². The molecule has 4 heteroatoms. The second-order valence-corrected chi connectivity index (χ2v) is 2.76. The number of hydrogen-bond donors (Lipinski definition) is 1. The molecular formula is C8H10N4. The van der Waals surface area contributed by atoms with E-state index < -0.39 is 5.66 Å². The fourth-order valence-electron chi connectivity index (χ4n) is 0.928. The smallest absolute Gasteiger partial charge is 0.182 e. The van der Waals surface area contributed by atoms with Crippen molar-refractivity contribution in [3.8, 4) is 6.07 Å². The van der Waals surface area contributed by atoms with Gasteiger partial charge in [0, 0.05) is 25.3 Å². The van der Waals surface area contributed by atoms with Crippen LogP contribution in [0.4, 0.5) is 0 Å². The molecule has 0 bridgehead atoms. The molecule has 0 saturated heterocycles. The molecule has 1 unspecified atom stereocenters. The molecule has 4 nitrogen and oxygen atoms in total. The number of rotatable bonds is 3. The van der Waals surface area contributed by atoms with Crippen molar-refractivity contribution in [1.29, 1.82) is 10.7 Å². The molecule has 0 spiro atoms. The first-order chi connectivity index (χ1) is 5.70. The molecule has 0 aromatic heterocycles. The van der Waals surface area contributed by atoms with Crippen LogP contribution in [0.15, 0.2) is 9.98 Å². The van der Waals surface area contributed by atoms with Gasteiger partial charge in [0.05, 0.1) is 11.8 Å². The van der Waals surface area contributed by atoms with Gasteiger partial charge in [0.2, 0.25) is 0 Å². The van der Waals surface area contributed by atoms with Gasteiger partial charge < -0.3 is 5.41 Å². The number of hydrogen-bond acceptors (Lipinski definition) is 4. The fourth-order valence-corrected chi connectivity index (χ4v) is 0.928. The number of aliphatic imine (C=N–C) groups is 2. The van der Waals surface area contributed by atoms with Gasteiger partial charge in [-0.3, -0.25) is 9.98 Å². The third-order valence-electron chi connectivity index (χ3n) is 1.61. The zero-order valence-corrected chi connectivity index (χ0v) is 6.91. The molecule has 62 valence electrons. The summed E-state index contributed by atoms with van der Waals surface area (Å²) < 4.78 is 0. The van der Waals surface area contributed by atoms with Gasteiger partial charge in [-0.25, -0.2) is 0 Å². The van der Waals surface area contributed by atoms with Crippen LogP contribution in [-0.2, 0) is 0 Å². The van der Waals surface area contributed by atoms with E-state index in [4.69, 9.17) is 10.7 Å². The first kappa shape index (κ1) is 8.60. The van der Waals surface area contributed by atoms with Crippen LogP contribution in [0.25, 0.3) is 0 Å². The Labute approximate surface area is 71.2 Å². The highest BCUT2D eigenvalue weighted by Gasteiger charge is 2.22. The Hall–Kier alpha value is -1.50. The molecule has 0 fully saturated rings. The molecule has 1 rings (SSSR count). The van der Waals surface area contributed by atoms with Gasteiger partial charge in [-0.1, -0.05) is 0 Å². The molecule has 0 saturated carbocycles. The molecule has 0 radical (unpaired) electrons. The Morgan fingerprint density at radius 3 is 3.08 bits per heavy atom. The fraction of sp³-hybridized carbons (Fsp3) is 0.500. The maximum atomic E-state index is 8.32. The molecule has 12 heavy (non-hydrogen) atoms. The average molecular weight is 162 g/mol. The molecule has 1 heterocycles. The lowest BCUT2D eigenvalue weighted by Crippen LogP contribution is -2.17. The summed E-state index contributed by atoms with van der Waals surface area (Å²) in [5.74, 6) is 0. The van der Waals surface area contributed by atoms with Gasteiger partial charge in [0.25, 0.3) is 0 Å². The van der Waals surface area contributed by atoms with E-state index in [2.05, 4.69) is 9.98 Å². The summed E-state index contributed by atoms with van der Waals surface area (Å²) in [5.41, 5.74) is 0.104. The lowest BCUT2D eigenvalue weighted by atomic mass is 10.2. The van der Waals surface area contributed by atoms with Gasteiger partial charge in [-0.15, -0.1) is 0 Å². The Morgan fingerprint density at radius 1 is 1.83 bits per heavy atom. The van der Waals surface area contributed by atoms with E-state index in [1.807, 2.05) is 6.07 Å². The highest BCUT2D eigenvalue weighted by atomic mass is 15.1. The first-order valence-corrected chi connectivity index (χ1v) is 3.73. The predicted molar refractivity (Wildman–Crippen MR) is 48.0 cm³/mol. The predicted octanol–water partition coefficient (Wildman–Crippen LogP) is 1.18. The van der Waals surface area contributed by atoms with Crippen molar-refractivity contribution >= 4 is 18.1 Å². The minimum Gasteiger partial charge on any atom is -0.309 e. The third kappa shape index (κ3) is 1.76. The summed E-state index contributed by atoms with van der Waals surface area (Å²) in [7, 11) is 0. The largest absolute Gasteiger partial charge is 0.309 e. The second kappa shape index (κ2) is 3.26. The van der Waals surface area contributed by atoms with E-state index in [0.29, 0.717) is 12.8 Å². The van der Waals surface area contributed by atoms with Crippen LogP contribution in [-0.4, -0.2) is 23.8 Å². The van der Waals surface area contributed by atoms with E-state index >= 15 is 0 Å². The maximum Gasteiger partial charge on any atom is 0.182 e. The van der Waals surface area contributed by atoms with Crippen molar-refractivity contribution in [2.24, 2.45) is 9.98 Å². The normalized spacial score (nSPS) is 26.5. The minimum atomic E-state index is -0.704. The van der Waals surface area contributed by atoms with Crippen LogP contribution in [0.2, 0.25) is 0 Å². The highest BCUT2D eigenvalue weighted by Crippen LogP contribution is 2.14. The molecule has 1 aliphatic heterocycles. The van der Waals surface area contributed by atoms with Gasteiger partial charge in [-0.2, -0.15) is 5.26 Å². The monoisotopic (exact) mass is 162 g/mol. The van der Waals surface area contributed by atoms with Crippen molar-refractivity contribution in [3.63, 3.8) is 0 Å². The number of nitrogens with one attached hydrogen (secondary N) is 1. The van der Waals surface area contributed by atoms with Crippen LogP contribution in [0.5, 0.6) is 0 Å². The molecule has 0 aromatic rings. The quantitative estimate of drug-likeness (QED) is 0.622. The van der Waals surface area contributed by atoms with Crippen LogP contribution < -0.4 is 0 Å². The summed E-state index contributed by atoms with van der Waals surface area (Å²) in [6.07, 6.45) is 3.92. The van der Waals surface area contributed by atoms with Gasteiger partial charge >= 0.3 is 0 Å². The standard InChI is InChI=1S/C8H10N4/c1-8(6-10)11-5-7(12-8)3-2-4-9/h5-6,10H,2-3H2,1H3. The zero-order chi connectivity index (χ0) is 9.03. The van der Waals surface area contributed by atoms with E-state index in [-0.39, 0.29) is 0 Å². The Bertz CT molecular complexity index is 284. The molecule has 1 aliphatic rings. The van der Waals surface area contributed by atoms with Crippen molar-refractivity contribution < 1.29 is 0 Å². The van der Waals surface area contributed by atoms with Crippen molar-refractivity contribution in [2.75, 3.05) is 0 Å². The minimum absolute atomic E-state index is 0.457. The van der Waals surface area contributed by atoms with E-state index in [0.717, 1.165) is 5.71 Å². The van der Waals surface area contributed by atoms with Crippen LogP contribution in [0.3, 0.4) is 0 Å². The molecule has 0 amide bonds. The maximum absolute atomic E-state index is 8.32. The van der Waals surface area contributed by atoms with Gasteiger partial charge in [-0.05, 0) is 6.92 Å². The Balaban J connectivity index is 2.62. The van der Waals surface area contributed by atoms with E-state index in [9.17, 15) is 0 Å². The van der Waals surface area contributed by atoms with Crippen LogP contribution in [0.1, 0.15) is 19.8 Å². The summed E-state index contributed by atoms with van der Waals surface area (Å²) in [6, 6.07) is 2.04. The summed E-state index contributed by atoms with van der Waals surface area (Å²) in [5, 5.41) is 15.4. The lowest BCUT2D eigenvalue weighted by molar-refractivity contribution is 0.694. The third-order valence-corrected chi connectivity index (χ3v) is 1.61. The van der Waals surface area contributed by atoms with E-state index in [1.54, 1.807) is 13.1 Å². The highest BCUT2D eigenvalue weighted by molar-refractivity contribution is 6.32. The number of nitrogens with zero attached hydrogens (tertiary/aromatic N) is 3. The molecule has 0 aromatic carbocycles. The molecule has 0 aliphatic carbocycles. The Morgan fingerprint density at radius 2 is 2.58 bits per heavy atom. The summed E-state index contributed by atoms with van der Waals surface area (Å²) >= 11 is 0.